The van der Waals surface area contributed by atoms with Gasteiger partial charge in [0.05, 0.1) is 13.7 Å². The van der Waals surface area contributed by atoms with Gasteiger partial charge in [-0.25, -0.2) is 0 Å². The summed E-state index contributed by atoms with van der Waals surface area (Å²) in [7, 11) is 3.05. The number of rotatable bonds is 5. The van der Waals surface area contributed by atoms with E-state index in [1.54, 1.807) is 14.0 Å². The number of carbonyl (C=O) groups is 1. The Labute approximate surface area is 90.1 Å². The summed E-state index contributed by atoms with van der Waals surface area (Å²) in [5.74, 6) is -0.264. The van der Waals surface area contributed by atoms with Crippen LogP contribution in [-0.2, 0) is 19.0 Å². The topological polar surface area (TPSA) is 56.8 Å². The molecule has 15 heavy (non-hydrogen) atoms. The Morgan fingerprint density at radius 1 is 1.60 bits per heavy atom. The third-order valence-electron chi connectivity index (χ3n) is 2.79. The van der Waals surface area contributed by atoms with Gasteiger partial charge >= 0.3 is 5.97 Å². The number of hydrogen-bond donors (Lipinski definition) is 1. The average Bonchev–Trinajstić information content (AvgIpc) is 2.74. The molecule has 0 bridgehead atoms. The van der Waals surface area contributed by atoms with E-state index in [1.807, 2.05) is 0 Å². The Balaban J connectivity index is 2.37. The highest BCUT2D eigenvalue weighted by Gasteiger charge is 2.35. The van der Waals surface area contributed by atoms with Crippen molar-refractivity contribution in [2.24, 2.45) is 0 Å². The van der Waals surface area contributed by atoms with E-state index in [1.165, 1.54) is 7.11 Å². The highest BCUT2D eigenvalue weighted by Crippen LogP contribution is 2.21. The summed E-state index contributed by atoms with van der Waals surface area (Å²) in [5, 5.41) is 3.09. The molecular formula is C10H19NO4. The Morgan fingerprint density at radius 2 is 2.33 bits per heavy atom. The highest BCUT2D eigenvalue weighted by atomic mass is 16.6. The molecule has 1 saturated heterocycles. The molecule has 0 radical (unpaired) electrons. The zero-order valence-corrected chi connectivity index (χ0v) is 9.54. The van der Waals surface area contributed by atoms with E-state index in [9.17, 15) is 4.79 Å². The largest absolute Gasteiger partial charge is 0.468 e. The predicted molar refractivity (Wildman–Crippen MR) is 54.7 cm³/mol. The molecule has 1 aliphatic rings. The van der Waals surface area contributed by atoms with E-state index in [-0.39, 0.29) is 17.6 Å². The molecule has 1 rings (SSSR count). The fraction of sp³-hybridized carbons (Fsp3) is 0.900. The van der Waals surface area contributed by atoms with Gasteiger partial charge in [-0.2, -0.15) is 0 Å². The quantitative estimate of drug-likeness (QED) is 0.654. The lowest BCUT2D eigenvalue weighted by molar-refractivity contribution is -0.143. The van der Waals surface area contributed by atoms with Crippen molar-refractivity contribution in [2.45, 2.75) is 25.0 Å². The van der Waals surface area contributed by atoms with Gasteiger partial charge in [0, 0.05) is 26.7 Å². The molecule has 0 aromatic carbocycles. The predicted octanol–water partition coefficient (Wildman–Crippen LogP) is -0.0570. The van der Waals surface area contributed by atoms with Gasteiger partial charge in [-0.3, -0.25) is 4.79 Å². The van der Waals surface area contributed by atoms with E-state index in [0.29, 0.717) is 19.8 Å². The van der Waals surface area contributed by atoms with E-state index >= 15 is 0 Å². The molecule has 88 valence electrons. The van der Waals surface area contributed by atoms with Crippen molar-refractivity contribution in [1.29, 1.82) is 0 Å². The van der Waals surface area contributed by atoms with Gasteiger partial charge in [0.1, 0.15) is 11.6 Å². The SMILES string of the molecule is COC(=O)C(C)NCC1(OC)CCOC1. The van der Waals surface area contributed by atoms with Gasteiger partial charge in [-0.1, -0.05) is 0 Å². The minimum Gasteiger partial charge on any atom is -0.468 e. The summed E-state index contributed by atoms with van der Waals surface area (Å²) in [4.78, 5) is 11.2. The summed E-state index contributed by atoms with van der Waals surface area (Å²) >= 11 is 0. The van der Waals surface area contributed by atoms with Gasteiger partial charge in [-0.15, -0.1) is 0 Å². The smallest absolute Gasteiger partial charge is 0.322 e. The van der Waals surface area contributed by atoms with Crippen molar-refractivity contribution < 1.29 is 19.0 Å². The standard InChI is InChI=1S/C10H19NO4/c1-8(9(12)13-2)11-6-10(14-3)4-5-15-7-10/h8,11H,4-7H2,1-3H3. The molecule has 5 heteroatoms. The molecule has 0 aromatic rings. The van der Waals surface area contributed by atoms with Crippen molar-refractivity contribution in [3.63, 3.8) is 0 Å². The maximum atomic E-state index is 11.2. The molecule has 1 fully saturated rings. The number of ether oxygens (including phenoxy) is 3. The Kier molecular flexibility index (Phi) is 4.50. The summed E-state index contributed by atoms with van der Waals surface area (Å²) in [6, 6.07) is -0.317. The van der Waals surface area contributed by atoms with Crippen LogP contribution in [-0.4, -0.2) is 51.6 Å². The van der Waals surface area contributed by atoms with E-state index in [2.05, 4.69) is 10.1 Å². The fourth-order valence-corrected chi connectivity index (χ4v) is 1.56. The minimum atomic E-state index is -0.317. The van der Waals surface area contributed by atoms with Crippen LogP contribution in [0.2, 0.25) is 0 Å². The maximum Gasteiger partial charge on any atom is 0.322 e. The highest BCUT2D eigenvalue weighted by molar-refractivity contribution is 5.75. The van der Waals surface area contributed by atoms with Crippen molar-refractivity contribution in [1.82, 2.24) is 5.32 Å². The first-order valence-corrected chi connectivity index (χ1v) is 5.08. The lowest BCUT2D eigenvalue weighted by Gasteiger charge is -2.27. The zero-order chi connectivity index (χ0) is 11.3. The second kappa shape index (κ2) is 5.44. The molecule has 5 nitrogen and oxygen atoms in total. The molecule has 0 aliphatic carbocycles. The van der Waals surface area contributed by atoms with Crippen molar-refractivity contribution in [3.05, 3.63) is 0 Å². The molecule has 1 N–H and O–H groups in total. The van der Waals surface area contributed by atoms with Crippen LogP contribution >= 0.6 is 0 Å². The first kappa shape index (κ1) is 12.4. The molecule has 0 saturated carbocycles. The summed E-state index contributed by atoms with van der Waals surface area (Å²) in [5.41, 5.74) is -0.289. The van der Waals surface area contributed by atoms with Crippen molar-refractivity contribution in [3.8, 4) is 0 Å². The van der Waals surface area contributed by atoms with Crippen LogP contribution in [0.5, 0.6) is 0 Å². The van der Waals surface area contributed by atoms with Gasteiger partial charge < -0.3 is 19.5 Å². The fourth-order valence-electron chi connectivity index (χ4n) is 1.56. The second-order valence-corrected chi connectivity index (χ2v) is 3.82. The van der Waals surface area contributed by atoms with Crippen LogP contribution < -0.4 is 5.32 Å². The van der Waals surface area contributed by atoms with Gasteiger partial charge in [-0.05, 0) is 6.92 Å². The molecule has 1 aliphatic heterocycles. The van der Waals surface area contributed by atoms with E-state index < -0.39 is 0 Å². The zero-order valence-electron chi connectivity index (χ0n) is 9.54. The normalized spacial score (nSPS) is 27.7. The molecular weight excluding hydrogens is 198 g/mol. The Morgan fingerprint density at radius 3 is 2.80 bits per heavy atom. The van der Waals surface area contributed by atoms with Gasteiger partial charge in [0.15, 0.2) is 0 Å². The maximum absolute atomic E-state index is 11.2. The molecule has 0 spiro atoms. The van der Waals surface area contributed by atoms with Crippen LogP contribution in [0.4, 0.5) is 0 Å². The monoisotopic (exact) mass is 217 g/mol. The molecule has 0 amide bonds. The van der Waals surface area contributed by atoms with Crippen molar-refractivity contribution >= 4 is 5.97 Å². The van der Waals surface area contributed by atoms with Gasteiger partial charge in [0.25, 0.3) is 0 Å². The molecule has 0 aromatic heterocycles. The third-order valence-corrected chi connectivity index (χ3v) is 2.79. The van der Waals surface area contributed by atoms with Crippen molar-refractivity contribution in [2.75, 3.05) is 34.0 Å². The van der Waals surface area contributed by atoms with Crippen LogP contribution in [0.3, 0.4) is 0 Å². The van der Waals surface area contributed by atoms with Crippen LogP contribution in [0.1, 0.15) is 13.3 Å². The first-order chi connectivity index (χ1) is 7.13. The number of nitrogens with one attached hydrogen (secondary N) is 1. The lowest BCUT2D eigenvalue weighted by atomic mass is 10.0. The second-order valence-electron chi connectivity index (χ2n) is 3.82. The third kappa shape index (κ3) is 3.15. The molecule has 2 atom stereocenters. The first-order valence-electron chi connectivity index (χ1n) is 5.08. The minimum absolute atomic E-state index is 0.264. The number of methoxy groups -OCH3 is 2. The van der Waals surface area contributed by atoms with Crippen LogP contribution in [0, 0.1) is 0 Å². The van der Waals surface area contributed by atoms with Crippen LogP contribution in [0.25, 0.3) is 0 Å². The van der Waals surface area contributed by atoms with E-state index in [0.717, 1.165) is 6.42 Å². The Bertz CT molecular complexity index is 213. The summed E-state index contributed by atoms with van der Waals surface area (Å²) in [6.07, 6.45) is 0.852. The summed E-state index contributed by atoms with van der Waals surface area (Å²) in [6.45, 7) is 3.65. The van der Waals surface area contributed by atoms with E-state index in [4.69, 9.17) is 9.47 Å². The number of hydrogen-bond acceptors (Lipinski definition) is 5. The molecule has 1 heterocycles. The van der Waals surface area contributed by atoms with Gasteiger partial charge in [0.2, 0.25) is 0 Å². The lowest BCUT2D eigenvalue weighted by Crippen LogP contribution is -2.48. The van der Waals surface area contributed by atoms with Crippen LogP contribution in [0.15, 0.2) is 0 Å². The Hall–Kier alpha value is -0.650. The molecule has 2 unspecified atom stereocenters. The number of carbonyl (C=O) groups excluding carboxylic acids is 1. The average molecular weight is 217 g/mol. The number of esters is 1. The summed E-state index contributed by atoms with van der Waals surface area (Å²) < 4.78 is 15.3.